The van der Waals surface area contributed by atoms with Crippen LogP contribution in [-0.4, -0.2) is 71.7 Å². The zero-order chi connectivity index (χ0) is 20.1. The Hall–Kier alpha value is -2.12. The van der Waals surface area contributed by atoms with Crippen LogP contribution >= 0.6 is 0 Å². The number of nitrogens with one attached hydrogen (secondary N) is 1. The molecule has 0 radical (unpaired) electrons. The summed E-state index contributed by atoms with van der Waals surface area (Å²) < 4.78 is 5.68. The molecule has 1 aromatic rings. The number of carboxylic acid groups (broad SMARTS) is 1. The summed E-state index contributed by atoms with van der Waals surface area (Å²) in [6.45, 7) is 6.99. The largest absolute Gasteiger partial charge is 0.493 e. The summed E-state index contributed by atoms with van der Waals surface area (Å²) >= 11 is 0. The van der Waals surface area contributed by atoms with Crippen molar-refractivity contribution in [1.29, 1.82) is 0 Å². The molecule has 1 saturated heterocycles. The van der Waals surface area contributed by atoms with Gasteiger partial charge in [-0.05, 0) is 32.4 Å². The predicted octanol–water partition coefficient (Wildman–Crippen LogP) is 1.89. The van der Waals surface area contributed by atoms with Crippen LogP contribution in [0.2, 0.25) is 0 Å². The number of amides is 1. The number of piperidine rings is 1. The number of ether oxygens (including phenoxy) is 1. The van der Waals surface area contributed by atoms with Gasteiger partial charge in [0.1, 0.15) is 5.75 Å². The first-order valence-corrected chi connectivity index (χ1v) is 10.2. The Labute approximate surface area is 166 Å². The zero-order valence-electron chi connectivity index (χ0n) is 16.8. The molecule has 2 aliphatic heterocycles. The number of para-hydroxylation sites is 1. The van der Waals surface area contributed by atoms with Crippen molar-refractivity contribution >= 4 is 11.9 Å². The molecule has 2 heterocycles. The minimum atomic E-state index is -0.784. The summed E-state index contributed by atoms with van der Waals surface area (Å²) in [5, 5.41) is 12.3. The minimum absolute atomic E-state index is 0.0106. The zero-order valence-corrected chi connectivity index (χ0v) is 16.8. The van der Waals surface area contributed by atoms with Crippen molar-refractivity contribution in [3.05, 3.63) is 29.8 Å². The molecule has 2 atom stereocenters. The van der Waals surface area contributed by atoms with Crippen molar-refractivity contribution in [2.75, 3.05) is 32.8 Å². The third-order valence-corrected chi connectivity index (χ3v) is 5.96. The van der Waals surface area contributed by atoms with Crippen LogP contribution in [0.15, 0.2) is 24.3 Å². The van der Waals surface area contributed by atoms with Gasteiger partial charge in [-0.1, -0.05) is 25.1 Å². The van der Waals surface area contributed by atoms with E-state index in [2.05, 4.69) is 10.2 Å². The Kier molecular flexibility index (Phi) is 6.91. The lowest BCUT2D eigenvalue weighted by molar-refractivity contribution is -0.139. The highest BCUT2D eigenvalue weighted by Crippen LogP contribution is 2.31. The monoisotopic (exact) mass is 389 g/mol. The molecule has 2 unspecified atom stereocenters. The van der Waals surface area contributed by atoms with Crippen molar-refractivity contribution in [3.8, 4) is 5.75 Å². The van der Waals surface area contributed by atoms with Gasteiger partial charge in [0, 0.05) is 31.1 Å². The Balaban J connectivity index is 1.53. The molecule has 0 saturated carbocycles. The van der Waals surface area contributed by atoms with E-state index in [9.17, 15) is 9.59 Å². The summed E-state index contributed by atoms with van der Waals surface area (Å²) in [7, 11) is 0. The Morgan fingerprint density at radius 2 is 2.00 bits per heavy atom. The van der Waals surface area contributed by atoms with E-state index < -0.39 is 5.97 Å². The van der Waals surface area contributed by atoms with Crippen molar-refractivity contribution in [3.63, 3.8) is 0 Å². The maximum absolute atomic E-state index is 12.9. The fourth-order valence-electron chi connectivity index (χ4n) is 4.26. The van der Waals surface area contributed by atoms with Gasteiger partial charge in [-0.3, -0.25) is 19.4 Å². The van der Waals surface area contributed by atoms with Crippen molar-refractivity contribution in [2.24, 2.45) is 0 Å². The van der Waals surface area contributed by atoms with Crippen molar-refractivity contribution in [2.45, 2.75) is 51.2 Å². The van der Waals surface area contributed by atoms with E-state index in [4.69, 9.17) is 9.84 Å². The standard InChI is InChI=1S/C21H31N3O4/c1-3-23(14-20(25)26)16-8-11-24(12-9-16)15(2)21(27)22-18-10-13-28-19-7-5-4-6-17(18)19/h4-7,15-16,18H,3,8-14H2,1-2H3,(H,22,27)(H,25,26). The number of fused-ring (bicyclic) bond motifs is 1. The molecule has 0 bridgehead atoms. The van der Waals surface area contributed by atoms with Crippen LogP contribution in [0.5, 0.6) is 5.75 Å². The Morgan fingerprint density at radius 3 is 2.68 bits per heavy atom. The van der Waals surface area contributed by atoms with Gasteiger partial charge in [0.05, 0.1) is 25.2 Å². The molecule has 1 fully saturated rings. The molecule has 2 N–H and O–H groups in total. The van der Waals surface area contributed by atoms with Gasteiger partial charge in [-0.25, -0.2) is 0 Å². The number of carbonyl (C=O) groups is 2. The predicted molar refractivity (Wildman–Crippen MR) is 106 cm³/mol. The average Bonchev–Trinajstić information content (AvgIpc) is 2.71. The first kappa shape index (κ1) is 20.6. The number of nitrogens with zero attached hydrogens (tertiary/aromatic N) is 2. The number of rotatable bonds is 7. The van der Waals surface area contributed by atoms with Crippen molar-refractivity contribution in [1.82, 2.24) is 15.1 Å². The molecule has 0 aromatic heterocycles. The molecular formula is C21H31N3O4. The van der Waals surface area contributed by atoms with E-state index in [-0.39, 0.29) is 30.6 Å². The first-order chi connectivity index (χ1) is 13.5. The molecule has 7 heteroatoms. The lowest BCUT2D eigenvalue weighted by Gasteiger charge is -2.39. The summed E-state index contributed by atoms with van der Waals surface area (Å²) in [4.78, 5) is 28.1. The topological polar surface area (TPSA) is 82.1 Å². The summed E-state index contributed by atoms with van der Waals surface area (Å²) in [6.07, 6.45) is 2.55. The van der Waals surface area contributed by atoms with Crippen LogP contribution in [0, 0.1) is 0 Å². The maximum atomic E-state index is 12.9. The number of likely N-dealkylation sites (N-methyl/N-ethyl adjacent to an activating group) is 1. The van der Waals surface area contributed by atoms with Gasteiger partial charge in [0.15, 0.2) is 0 Å². The van der Waals surface area contributed by atoms with Gasteiger partial charge < -0.3 is 15.2 Å². The van der Waals surface area contributed by atoms with Crippen LogP contribution in [0.1, 0.15) is 44.7 Å². The van der Waals surface area contributed by atoms with E-state index in [0.29, 0.717) is 6.61 Å². The Bertz CT molecular complexity index is 688. The summed E-state index contributed by atoms with van der Waals surface area (Å²) in [6, 6.07) is 7.93. The number of carbonyl (C=O) groups excluding carboxylic acids is 1. The summed E-state index contributed by atoms with van der Waals surface area (Å²) in [5.41, 5.74) is 1.04. The highest BCUT2D eigenvalue weighted by atomic mass is 16.5. The van der Waals surface area contributed by atoms with Crippen LogP contribution in [-0.2, 0) is 9.59 Å². The first-order valence-electron chi connectivity index (χ1n) is 10.2. The quantitative estimate of drug-likeness (QED) is 0.741. The van der Waals surface area contributed by atoms with E-state index in [1.54, 1.807) is 0 Å². The third kappa shape index (κ3) is 4.83. The normalized spacial score (nSPS) is 21.6. The molecule has 3 rings (SSSR count). The van der Waals surface area contributed by atoms with E-state index in [0.717, 1.165) is 50.2 Å². The average molecular weight is 389 g/mol. The second-order valence-corrected chi connectivity index (χ2v) is 7.64. The molecule has 0 aliphatic carbocycles. The highest BCUT2D eigenvalue weighted by Gasteiger charge is 2.31. The molecule has 154 valence electrons. The molecule has 7 nitrogen and oxygen atoms in total. The highest BCUT2D eigenvalue weighted by molar-refractivity contribution is 5.82. The smallest absolute Gasteiger partial charge is 0.317 e. The fraction of sp³-hybridized carbons (Fsp3) is 0.619. The van der Waals surface area contributed by atoms with Gasteiger partial charge in [-0.2, -0.15) is 0 Å². The maximum Gasteiger partial charge on any atom is 0.317 e. The van der Waals surface area contributed by atoms with E-state index in [1.807, 2.05) is 43.0 Å². The third-order valence-electron chi connectivity index (χ3n) is 5.96. The number of hydrogen-bond donors (Lipinski definition) is 2. The second-order valence-electron chi connectivity index (χ2n) is 7.64. The Morgan fingerprint density at radius 1 is 1.29 bits per heavy atom. The van der Waals surface area contributed by atoms with E-state index >= 15 is 0 Å². The van der Waals surface area contributed by atoms with Crippen LogP contribution in [0.4, 0.5) is 0 Å². The van der Waals surface area contributed by atoms with Gasteiger partial charge in [-0.15, -0.1) is 0 Å². The molecule has 1 amide bonds. The van der Waals surface area contributed by atoms with E-state index in [1.165, 1.54) is 0 Å². The SMILES string of the molecule is CCN(CC(=O)O)C1CCN(C(C)C(=O)NC2CCOc3ccccc32)CC1. The van der Waals surface area contributed by atoms with Gasteiger partial charge in [0.25, 0.3) is 0 Å². The molecular weight excluding hydrogens is 358 g/mol. The van der Waals surface area contributed by atoms with Crippen molar-refractivity contribution < 1.29 is 19.4 Å². The van der Waals surface area contributed by atoms with Gasteiger partial charge >= 0.3 is 5.97 Å². The molecule has 2 aliphatic rings. The van der Waals surface area contributed by atoms with Crippen LogP contribution in [0.3, 0.4) is 0 Å². The molecule has 1 aromatic carbocycles. The van der Waals surface area contributed by atoms with Crippen LogP contribution in [0.25, 0.3) is 0 Å². The van der Waals surface area contributed by atoms with Gasteiger partial charge in [0.2, 0.25) is 5.91 Å². The summed E-state index contributed by atoms with van der Waals surface area (Å²) in [5.74, 6) is 0.109. The molecule has 28 heavy (non-hydrogen) atoms. The number of aliphatic carboxylic acids is 1. The fourth-order valence-corrected chi connectivity index (χ4v) is 4.26. The lowest BCUT2D eigenvalue weighted by atomic mass is 9.99. The number of benzene rings is 1. The lowest BCUT2D eigenvalue weighted by Crippen LogP contribution is -2.52. The number of hydrogen-bond acceptors (Lipinski definition) is 5. The second kappa shape index (κ2) is 9.39. The number of carboxylic acids is 1. The van der Waals surface area contributed by atoms with Crippen LogP contribution < -0.4 is 10.1 Å². The minimum Gasteiger partial charge on any atom is -0.493 e. The number of likely N-dealkylation sites (tertiary alicyclic amines) is 1. The molecule has 0 spiro atoms.